The SMILES string of the molecule is C=C(/C=C(/C)C(=C)/C=C\C)CS. The summed E-state index contributed by atoms with van der Waals surface area (Å²) < 4.78 is 0. The first kappa shape index (κ1) is 11.3. The number of rotatable bonds is 4. The van der Waals surface area contributed by atoms with Gasteiger partial charge in [0.05, 0.1) is 0 Å². The van der Waals surface area contributed by atoms with Crippen LogP contribution in [0.1, 0.15) is 13.8 Å². The second-order valence-corrected chi connectivity index (χ2v) is 2.99. The van der Waals surface area contributed by atoms with E-state index in [-0.39, 0.29) is 0 Å². The Balaban J connectivity index is 4.37. The normalized spacial score (nSPS) is 12.1. The molecule has 12 heavy (non-hydrogen) atoms. The van der Waals surface area contributed by atoms with Crippen LogP contribution < -0.4 is 0 Å². The van der Waals surface area contributed by atoms with Gasteiger partial charge in [0, 0.05) is 5.75 Å². The second kappa shape index (κ2) is 5.90. The molecule has 0 atom stereocenters. The van der Waals surface area contributed by atoms with E-state index in [1.807, 2.05) is 32.1 Å². The molecule has 0 saturated carbocycles. The van der Waals surface area contributed by atoms with Gasteiger partial charge in [-0.05, 0) is 30.6 Å². The first-order valence-corrected chi connectivity index (χ1v) is 4.54. The molecule has 0 unspecified atom stereocenters. The molecule has 0 nitrogen and oxygen atoms in total. The zero-order valence-corrected chi connectivity index (χ0v) is 8.70. The average molecular weight is 180 g/mol. The Labute approximate surface area is 80.8 Å². The lowest BCUT2D eigenvalue weighted by Gasteiger charge is -2.00. The highest BCUT2D eigenvalue weighted by Gasteiger charge is 1.92. The molecule has 0 aliphatic carbocycles. The summed E-state index contributed by atoms with van der Waals surface area (Å²) in [6, 6.07) is 0. The van der Waals surface area contributed by atoms with Crippen LogP contribution in [-0.4, -0.2) is 5.75 Å². The highest BCUT2D eigenvalue weighted by molar-refractivity contribution is 7.80. The molecule has 0 aliphatic heterocycles. The third-order valence-corrected chi connectivity index (χ3v) is 1.90. The minimum atomic E-state index is 0.695. The predicted octanol–water partition coefficient (Wildman–Crippen LogP) is 3.55. The van der Waals surface area contributed by atoms with Gasteiger partial charge in [0.15, 0.2) is 0 Å². The van der Waals surface area contributed by atoms with Gasteiger partial charge in [0.25, 0.3) is 0 Å². The van der Waals surface area contributed by atoms with Gasteiger partial charge < -0.3 is 0 Å². The molecule has 0 aliphatic rings. The number of hydrogen-bond donors (Lipinski definition) is 1. The number of hydrogen-bond acceptors (Lipinski definition) is 1. The summed E-state index contributed by atoms with van der Waals surface area (Å²) in [5.74, 6) is 0.695. The van der Waals surface area contributed by atoms with Crippen LogP contribution in [-0.2, 0) is 0 Å². The van der Waals surface area contributed by atoms with Gasteiger partial charge in [0.2, 0.25) is 0 Å². The molecule has 0 bridgehead atoms. The minimum Gasteiger partial charge on any atom is -0.175 e. The summed E-state index contributed by atoms with van der Waals surface area (Å²) in [6.07, 6.45) is 5.97. The van der Waals surface area contributed by atoms with Gasteiger partial charge in [-0.3, -0.25) is 0 Å². The highest BCUT2D eigenvalue weighted by Crippen LogP contribution is 2.11. The summed E-state index contributed by atoms with van der Waals surface area (Å²) in [7, 11) is 0. The summed E-state index contributed by atoms with van der Waals surface area (Å²) in [6.45, 7) is 11.8. The third kappa shape index (κ3) is 4.24. The van der Waals surface area contributed by atoms with E-state index in [1.54, 1.807) is 0 Å². The Kier molecular flexibility index (Phi) is 5.56. The van der Waals surface area contributed by atoms with E-state index in [0.717, 1.165) is 16.7 Å². The Morgan fingerprint density at radius 3 is 2.42 bits per heavy atom. The molecular formula is C11H16S. The molecule has 0 saturated heterocycles. The smallest absolute Gasteiger partial charge is 0.0148 e. The van der Waals surface area contributed by atoms with Crippen LogP contribution in [0.4, 0.5) is 0 Å². The molecule has 66 valence electrons. The van der Waals surface area contributed by atoms with Crippen LogP contribution >= 0.6 is 12.6 Å². The van der Waals surface area contributed by atoms with Crippen molar-refractivity contribution in [1.29, 1.82) is 0 Å². The molecule has 0 heterocycles. The predicted molar refractivity (Wildman–Crippen MR) is 60.7 cm³/mol. The summed E-state index contributed by atoms with van der Waals surface area (Å²) in [5.41, 5.74) is 3.19. The topological polar surface area (TPSA) is 0 Å². The summed E-state index contributed by atoms with van der Waals surface area (Å²) in [4.78, 5) is 0. The minimum absolute atomic E-state index is 0.695. The van der Waals surface area contributed by atoms with Crippen LogP contribution in [0, 0.1) is 0 Å². The maximum Gasteiger partial charge on any atom is 0.0148 e. The monoisotopic (exact) mass is 180 g/mol. The fourth-order valence-electron chi connectivity index (χ4n) is 0.777. The third-order valence-electron chi connectivity index (χ3n) is 1.50. The zero-order valence-electron chi connectivity index (χ0n) is 7.80. The molecular weight excluding hydrogens is 164 g/mol. The van der Waals surface area contributed by atoms with Gasteiger partial charge in [-0.15, -0.1) is 0 Å². The zero-order chi connectivity index (χ0) is 9.56. The van der Waals surface area contributed by atoms with Crippen molar-refractivity contribution < 1.29 is 0 Å². The number of thiol groups is 1. The Hall–Kier alpha value is -0.690. The van der Waals surface area contributed by atoms with Crippen LogP contribution in [0.3, 0.4) is 0 Å². The van der Waals surface area contributed by atoms with Crippen molar-refractivity contribution in [2.45, 2.75) is 13.8 Å². The van der Waals surface area contributed by atoms with E-state index >= 15 is 0 Å². The fourth-order valence-corrected chi connectivity index (χ4v) is 0.868. The molecule has 1 heteroatoms. The van der Waals surface area contributed by atoms with E-state index in [4.69, 9.17) is 0 Å². The van der Waals surface area contributed by atoms with Crippen LogP contribution in [0.15, 0.2) is 48.1 Å². The summed E-state index contributed by atoms with van der Waals surface area (Å²) in [5, 5.41) is 0. The van der Waals surface area contributed by atoms with Crippen molar-refractivity contribution in [3.05, 3.63) is 48.1 Å². The lowest BCUT2D eigenvalue weighted by Crippen LogP contribution is -1.82. The largest absolute Gasteiger partial charge is 0.175 e. The van der Waals surface area contributed by atoms with Gasteiger partial charge in [-0.2, -0.15) is 12.6 Å². The molecule has 0 aromatic carbocycles. The standard InChI is InChI=1S/C11H16S/c1-5-6-10(3)11(4)7-9(2)8-12/h5-7,12H,2-3,8H2,1,4H3/b6-5-,11-7-. The van der Waals surface area contributed by atoms with E-state index < -0.39 is 0 Å². The molecule has 0 radical (unpaired) electrons. The molecule has 0 rings (SSSR count). The Bertz CT molecular complexity index is 231. The second-order valence-electron chi connectivity index (χ2n) is 2.67. The van der Waals surface area contributed by atoms with E-state index in [1.165, 1.54) is 0 Å². The van der Waals surface area contributed by atoms with Crippen molar-refractivity contribution in [2.75, 3.05) is 5.75 Å². The quantitative estimate of drug-likeness (QED) is 0.496. The number of allylic oxidation sites excluding steroid dienone is 5. The first-order valence-electron chi connectivity index (χ1n) is 3.90. The maximum absolute atomic E-state index is 4.12. The molecule has 0 amide bonds. The van der Waals surface area contributed by atoms with Crippen LogP contribution in [0.2, 0.25) is 0 Å². The van der Waals surface area contributed by atoms with Crippen LogP contribution in [0.5, 0.6) is 0 Å². The average Bonchev–Trinajstić information content (AvgIpc) is 2.04. The van der Waals surface area contributed by atoms with E-state index in [2.05, 4.69) is 25.8 Å². The van der Waals surface area contributed by atoms with Gasteiger partial charge >= 0.3 is 0 Å². The molecule has 0 fully saturated rings. The molecule has 0 aromatic heterocycles. The molecule has 0 spiro atoms. The summed E-state index contributed by atoms with van der Waals surface area (Å²) >= 11 is 4.12. The van der Waals surface area contributed by atoms with Gasteiger partial charge in [-0.25, -0.2) is 0 Å². The Morgan fingerprint density at radius 1 is 1.42 bits per heavy atom. The fraction of sp³-hybridized carbons (Fsp3) is 0.273. The maximum atomic E-state index is 4.12. The van der Waals surface area contributed by atoms with Crippen LogP contribution in [0.25, 0.3) is 0 Å². The van der Waals surface area contributed by atoms with Gasteiger partial charge in [-0.1, -0.05) is 31.4 Å². The van der Waals surface area contributed by atoms with Crippen molar-refractivity contribution in [3.63, 3.8) is 0 Å². The van der Waals surface area contributed by atoms with Crippen molar-refractivity contribution in [2.24, 2.45) is 0 Å². The molecule has 0 aromatic rings. The van der Waals surface area contributed by atoms with E-state index in [0.29, 0.717) is 5.75 Å². The lowest BCUT2D eigenvalue weighted by atomic mass is 10.1. The van der Waals surface area contributed by atoms with Gasteiger partial charge in [0.1, 0.15) is 0 Å². The van der Waals surface area contributed by atoms with Crippen molar-refractivity contribution >= 4 is 12.6 Å². The Morgan fingerprint density at radius 2 is 2.00 bits per heavy atom. The highest BCUT2D eigenvalue weighted by atomic mass is 32.1. The lowest BCUT2D eigenvalue weighted by molar-refractivity contribution is 1.40. The van der Waals surface area contributed by atoms with Crippen molar-refractivity contribution in [3.8, 4) is 0 Å². The van der Waals surface area contributed by atoms with E-state index in [9.17, 15) is 0 Å². The first-order chi connectivity index (χ1) is 5.61. The van der Waals surface area contributed by atoms with Crippen molar-refractivity contribution in [1.82, 2.24) is 0 Å². The molecule has 0 N–H and O–H groups in total.